The molecule has 1 aromatic heterocycles. The lowest BCUT2D eigenvalue weighted by atomic mass is 9.88. The molecule has 2 heterocycles. The van der Waals surface area contributed by atoms with E-state index in [4.69, 9.17) is 11.6 Å². The fourth-order valence-electron chi connectivity index (χ4n) is 2.54. The summed E-state index contributed by atoms with van der Waals surface area (Å²) in [4.78, 5) is 25.2. The predicted octanol–water partition coefficient (Wildman–Crippen LogP) is 0.556. The Labute approximate surface area is 127 Å². The molecule has 8 heteroatoms. The monoisotopic (exact) mass is 314 g/mol. The second kappa shape index (κ2) is 6.44. The number of aromatic amines is 1. The molecule has 1 fully saturated rings. The van der Waals surface area contributed by atoms with Crippen molar-refractivity contribution < 1.29 is 14.7 Å². The number of carbonyl (C=O) groups excluding carboxylic acids is 2. The first-order chi connectivity index (χ1) is 9.95. The van der Waals surface area contributed by atoms with Gasteiger partial charge in [-0.05, 0) is 19.3 Å². The molecule has 1 aliphatic heterocycles. The molecule has 2 amide bonds. The Balaban J connectivity index is 2.01. The summed E-state index contributed by atoms with van der Waals surface area (Å²) in [5, 5.41) is 19.7. The number of piperidine rings is 1. The molecule has 0 spiro atoms. The molecule has 1 atom stereocenters. The minimum absolute atomic E-state index is 0.122. The van der Waals surface area contributed by atoms with Gasteiger partial charge >= 0.3 is 0 Å². The average molecular weight is 315 g/mol. The summed E-state index contributed by atoms with van der Waals surface area (Å²) >= 11 is 5.89. The second-order valence-electron chi connectivity index (χ2n) is 5.32. The summed E-state index contributed by atoms with van der Waals surface area (Å²) in [5.74, 6) is -0.404. The van der Waals surface area contributed by atoms with Crippen molar-refractivity contribution >= 4 is 23.4 Å². The van der Waals surface area contributed by atoms with Crippen molar-refractivity contribution in [2.24, 2.45) is 0 Å². The molecule has 2 rings (SSSR count). The third-order valence-electron chi connectivity index (χ3n) is 3.75. The molecule has 116 valence electrons. The Morgan fingerprint density at radius 2 is 2.38 bits per heavy atom. The van der Waals surface area contributed by atoms with Crippen molar-refractivity contribution in [3.05, 3.63) is 16.9 Å². The van der Waals surface area contributed by atoms with Crippen LogP contribution >= 0.6 is 11.6 Å². The van der Waals surface area contributed by atoms with Gasteiger partial charge < -0.3 is 15.3 Å². The van der Waals surface area contributed by atoms with Crippen LogP contribution in [0, 0.1) is 0 Å². The Hall–Kier alpha value is -1.60. The summed E-state index contributed by atoms with van der Waals surface area (Å²) in [6.45, 7) is 0.745. The quantitative estimate of drug-likeness (QED) is 0.756. The standard InChI is InChI=1S/C13H19ClN4O3/c1-15-10(19)3-5-13(21)4-2-6-18(8-13)12(20)11-9(14)7-16-17-11/h7,21H,2-6,8H2,1H3,(H,15,19)(H,16,17)/t13-/m0/s1. The zero-order valence-electron chi connectivity index (χ0n) is 11.9. The van der Waals surface area contributed by atoms with E-state index in [1.807, 2.05) is 0 Å². The molecular formula is C13H19ClN4O3. The fourth-order valence-corrected chi connectivity index (χ4v) is 2.71. The number of aromatic nitrogens is 2. The van der Waals surface area contributed by atoms with Crippen LogP contribution in [0.5, 0.6) is 0 Å². The van der Waals surface area contributed by atoms with Gasteiger partial charge in [0, 0.05) is 26.6 Å². The van der Waals surface area contributed by atoms with Crippen molar-refractivity contribution in [3.8, 4) is 0 Å². The molecule has 0 saturated carbocycles. The first-order valence-electron chi connectivity index (χ1n) is 6.86. The van der Waals surface area contributed by atoms with Crippen molar-refractivity contribution in [2.75, 3.05) is 20.1 Å². The van der Waals surface area contributed by atoms with Gasteiger partial charge in [0.25, 0.3) is 5.91 Å². The molecule has 21 heavy (non-hydrogen) atoms. The van der Waals surface area contributed by atoms with Gasteiger partial charge in [0.1, 0.15) is 5.69 Å². The van der Waals surface area contributed by atoms with E-state index in [1.54, 1.807) is 11.9 Å². The lowest BCUT2D eigenvalue weighted by Crippen LogP contribution is -2.50. The minimum atomic E-state index is -1.03. The molecule has 0 unspecified atom stereocenters. The van der Waals surface area contributed by atoms with Gasteiger partial charge in [0.2, 0.25) is 5.91 Å². The number of aliphatic hydroxyl groups is 1. The van der Waals surface area contributed by atoms with Gasteiger partial charge in [0.15, 0.2) is 0 Å². The number of nitrogens with one attached hydrogen (secondary N) is 2. The highest BCUT2D eigenvalue weighted by molar-refractivity contribution is 6.33. The van der Waals surface area contributed by atoms with Crippen LogP contribution in [-0.2, 0) is 4.79 Å². The number of likely N-dealkylation sites (tertiary alicyclic amines) is 1. The number of nitrogens with zero attached hydrogens (tertiary/aromatic N) is 2. The van der Waals surface area contributed by atoms with E-state index in [2.05, 4.69) is 15.5 Å². The van der Waals surface area contributed by atoms with Gasteiger partial charge in [-0.25, -0.2) is 0 Å². The van der Waals surface area contributed by atoms with Crippen molar-refractivity contribution in [3.63, 3.8) is 0 Å². The molecule has 7 nitrogen and oxygen atoms in total. The summed E-state index contributed by atoms with van der Waals surface area (Å²) in [6, 6.07) is 0. The third-order valence-corrected chi connectivity index (χ3v) is 4.03. The average Bonchev–Trinajstić information content (AvgIpc) is 2.90. The van der Waals surface area contributed by atoms with E-state index in [0.29, 0.717) is 25.8 Å². The van der Waals surface area contributed by atoms with Crippen molar-refractivity contribution in [2.45, 2.75) is 31.3 Å². The number of carbonyl (C=O) groups is 2. The van der Waals surface area contributed by atoms with Crippen LogP contribution in [0.15, 0.2) is 6.20 Å². The lowest BCUT2D eigenvalue weighted by molar-refractivity contribution is -0.122. The normalized spacial score (nSPS) is 22.1. The van der Waals surface area contributed by atoms with E-state index in [9.17, 15) is 14.7 Å². The molecule has 1 aliphatic rings. The Kier molecular flexibility index (Phi) is 4.84. The Bertz CT molecular complexity index is 533. The SMILES string of the molecule is CNC(=O)CC[C@@]1(O)CCCN(C(=O)c2[nH]ncc2Cl)C1. The summed E-state index contributed by atoms with van der Waals surface area (Å²) in [6.07, 6.45) is 3.19. The van der Waals surface area contributed by atoms with E-state index >= 15 is 0 Å². The lowest BCUT2D eigenvalue weighted by Gasteiger charge is -2.39. The van der Waals surface area contributed by atoms with E-state index < -0.39 is 5.60 Å². The van der Waals surface area contributed by atoms with Gasteiger partial charge in [0.05, 0.1) is 16.8 Å². The van der Waals surface area contributed by atoms with Gasteiger partial charge in [-0.3, -0.25) is 14.7 Å². The summed E-state index contributed by atoms with van der Waals surface area (Å²) in [7, 11) is 1.56. The van der Waals surface area contributed by atoms with E-state index in [1.165, 1.54) is 6.20 Å². The van der Waals surface area contributed by atoms with Gasteiger partial charge in [-0.1, -0.05) is 11.6 Å². The molecule has 1 aromatic rings. The maximum atomic E-state index is 12.3. The number of halogens is 1. The molecule has 0 aromatic carbocycles. The number of rotatable bonds is 4. The van der Waals surface area contributed by atoms with E-state index in [0.717, 1.165) is 0 Å². The van der Waals surface area contributed by atoms with Crippen LogP contribution in [0.4, 0.5) is 0 Å². The summed E-state index contributed by atoms with van der Waals surface area (Å²) in [5.41, 5.74) is -0.806. The number of hydrogen-bond donors (Lipinski definition) is 3. The molecule has 0 aliphatic carbocycles. The zero-order chi connectivity index (χ0) is 15.5. The Morgan fingerprint density at radius 3 is 3.00 bits per heavy atom. The maximum Gasteiger partial charge on any atom is 0.273 e. The smallest absolute Gasteiger partial charge is 0.273 e. The molecule has 0 bridgehead atoms. The third kappa shape index (κ3) is 3.74. The van der Waals surface area contributed by atoms with Crippen LogP contribution < -0.4 is 5.32 Å². The van der Waals surface area contributed by atoms with Crippen LogP contribution in [0.3, 0.4) is 0 Å². The number of hydrogen-bond acceptors (Lipinski definition) is 4. The fraction of sp³-hybridized carbons (Fsp3) is 0.615. The molecule has 1 saturated heterocycles. The minimum Gasteiger partial charge on any atom is -0.388 e. The first-order valence-corrected chi connectivity index (χ1v) is 7.24. The van der Waals surface area contributed by atoms with Crippen LogP contribution in [-0.4, -0.2) is 57.8 Å². The highest BCUT2D eigenvalue weighted by Gasteiger charge is 2.36. The molecule has 3 N–H and O–H groups in total. The zero-order valence-corrected chi connectivity index (χ0v) is 12.6. The molecular weight excluding hydrogens is 296 g/mol. The van der Waals surface area contributed by atoms with Crippen molar-refractivity contribution in [1.29, 1.82) is 0 Å². The second-order valence-corrected chi connectivity index (χ2v) is 5.73. The largest absolute Gasteiger partial charge is 0.388 e. The van der Waals surface area contributed by atoms with Gasteiger partial charge in [-0.2, -0.15) is 5.10 Å². The summed E-state index contributed by atoms with van der Waals surface area (Å²) < 4.78 is 0. The van der Waals surface area contributed by atoms with Crippen LogP contribution in [0.1, 0.15) is 36.2 Å². The maximum absolute atomic E-state index is 12.3. The highest BCUT2D eigenvalue weighted by atomic mass is 35.5. The topological polar surface area (TPSA) is 98.3 Å². The van der Waals surface area contributed by atoms with Crippen LogP contribution in [0.2, 0.25) is 5.02 Å². The number of H-pyrrole nitrogens is 1. The molecule has 0 radical (unpaired) electrons. The van der Waals surface area contributed by atoms with Crippen molar-refractivity contribution in [1.82, 2.24) is 20.4 Å². The predicted molar refractivity (Wildman–Crippen MR) is 77.0 cm³/mol. The number of amides is 2. The Morgan fingerprint density at radius 1 is 1.62 bits per heavy atom. The highest BCUT2D eigenvalue weighted by Crippen LogP contribution is 2.27. The van der Waals surface area contributed by atoms with E-state index in [-0.39, 0.29) is 35.5 Å². The van der Waals surface area contributed by atoms with Gasteiger partial charge in [-0.15, -0.1) is 0 Å². The number of β-amino-alcohol motifs (C(OH)–C–C–N with tert-alkyl or cyclic N) is 1. The van der Waals surface area contributed by atoms with Crippen LogP contribution in [0.25, 0.3) is 0 Å². The first kappa shape index (κ1) is 15.8.